The van der Waals surface area contributed by atoms with E-state index in [0.717, 1.165) is 50.3 Å². The SMILES string of the molecule is CN1CCCN(c2ccc(F)cc2CCN)CC1. The summed E-state index contributed by atoms with van der Waals surface area (Å²) < 4.78 is 13.3. The lowest BCUT2D eigenvalue weighted by atomic mass is 10.1. The topological polar surface area (TPSA) is 32.5 Å². The molecule has 0 radical (unpaired) electrons. The maximum Gasteiger partial charge on any atom is 0.123 e. The fourth-order valence-electron chi connectivity index (χ4n) is 2.51. The lowest BCUT2D eigenvalue weighted by Crippen LogP contribution is -2.29. The van der Waals surface area contributed by atoms with Crippen LogP contribution in [-0.4, -0.2) is 44.7 Å². The van der Waals surface area contributed by atoms with E-state index in [4.69, 9.17) is 5.73 Å². The Bertz CT molecular complexity index is 395. The summed E-state index contributed by atoms with van der Waals surface area (Å²) in [4.78, 5) is 4.69. The van der Waals surface area contributed by atoms with Gasteiger partial charge in [0.2, 0.25) is 0 Å². The predicted molar refractivity (Wildman–Crippen MR) is 73.5 cm³/mol. The second-order valence-corrected chi connectivity index (χ2v) is 4.96. The number of anilines is 1. The largest absolute Gasteiger partial charge is 0.370 e. The fraction of sp³-hybridized carbons (Fsp3) is 0.571. The Morgan fingerprint density at radius 2 is 2.06 bits per heavy atom. The Morgan fingerprint density at radius 1 is 1.22 bits per heavy atom. The van der Waals surface area contributed by atoms with Crippen LogP contribution in [0.4, 0.5) is 10.1 Å². The zero-order valence-electron chi connectivity index (χ0n) is 11.0. The molecule has 0 aliphatic carbocycles. The molecule has 1 aliphatic rings. The number of rotatable bonds is 3. The monoisotopic (exact) mass is 251 g/mol. The van der Waals surface area contributed by atoms with Crippen molar-refractivity contribution >= 4 is 5.69 Å². The van der Waals surface area contributed by atoms with Crippen molar-refractivity contribution in [2.45, 2.75) is 12.8 Å². The van der Waals surface area contributed by atoms with Gasteiger partial charge in [-0.1, -0.05) is 0 Å². The molecule has 0 saturated carbocycles. The van der Waals surface area contributed by atoms with Crippen LogP contribution in [-0.2, 0) is 6.42 Å². The van der Waals surface area contributed by atoms with Gasteiger partial charge in [-0.2, -0.15) is 0 Å². The summed E-state index contributed by atoms with van der Waals surface area (Å²) in [6, 6.07) is 5.06. The number of hydrogen-bond donors (Lipinski definition) is 1. The maximum absolute atomic E-state index is 13.3. The molecular formula is C14H22FN3. The first-order valence-electron chi connectivity index (χ1n) is 6.62. The van der Waals surface area contributed by atoms with E-state index >= 15 is 0 Å². The fourth-order valence-corrected chi connectivity index (χ4v) is 2.51. The van der Waals surface area contributed by atoms with Crippen molar-refractivity contribution in [2.75, 3.05) is 44.7 Å². The molecule has 1 aliphatic heterocycles. The third-order valence-electron chi connectivity index (χ3n) is 3.52. The van der Waals surface area contributed by atoms with Crippen LogP contribution in [0.3, 0.4) is 0 Å². The van der Waals surface area contributed by atoms with Crippen molar-refractivity contribution in [2.24, 2.45) is 5.73 Å². The number of hydrogen-bond acceptors (Lipinski definition) is 3. The average Bonchev–Trinajstić information content (AvgIpc) is 2.55. The molecule has 0 bridgehead atoms. The van der Waals surface area contributed by atoms with Crippen molar-refractivity contribution in [3.63, 3.8) is 0 Å². The third kappa shape index (κ3) is 3.21. The molecule has 18 heavy (non-hydrogen) atoms. The highest BCUT2D eigenvalue weighted by Crippen LogP contribution is 2.23. The minimum absolute atomic E-state index is 0.172. The van der Waals surface area contributed by atoms with Crippen LogP contribution in [0, 0.1) is 5.82 Å². The standard InChI is InChI=1S/C14H22FN3/c1-17-7-2-8-18(10-9-17)14-4-3-13(15)11-12(14)5-6-16/h3-4,11H,2,5-10,16H2,1H3. The summed E-state index contributed by atoms with van der Waals surface area (Å²) >= 11 is 0. The summed E-state index contributed by atoms with van der Waals surface area (Å²) in [5.41, 5.74) is 7.79. The molecule has 0 unspecified atom stereocenters. The first-order valence-corrected chi connectivity index (χ1v) is 6.62. The van der Waals surface area contributed by atoms with Crippen molar-refractivity contribution < 1.29 is 4.39 Å². The molecule has 1 saturated heterocycles. The van der Waals surface area contributed by atoms with Gasteiger partial charge in [-0.05, 0) is 56.7 Å². The minimum atomic E-state index is -0.172. The normalized spacial score (nSPS) is 17.8. The summed E-state index contributed by atoms with van der Waals surface area (Å²) in [5.74, 6) is -0.172. The Kier molecular flexibility index (Phi) is 4.55. The van der Waals surface area contributed by atoms with Crippen molar-refractivity contribution in [1.29, 1.82) is 0 Å². The van der Waals surface area contributed by atoms with Crippen LogP contribution in [0.5, 0.6) is 0 Å². The molecule has 1 heterocycles. The van der Waals surface area contributed by atoms with Gasteiger partial charge in [0, 0.05) is 25.3 Å². The van der Waals surface area contributed by atoms with Gasteiger partial charge in [0.05, 0.1) is 0 Å². The lowest BCUT2D eigenvalue weighted by Gasteiger charge is -2.25. The first kappa shape index (κ1) is 13.3. The summed E-state index contributed by atoms with van der Waals surface area (Å²) in [7, 11) is 2.15. The Morgan fingerprint density at radius 3 is 2.83 bits per heavy atom. The molecule has 4 heteroatoms. The summed E-state index contributed by atoms with van der Waals surface area (Å²) in [5, 5.41) is 0. The number of benzene rings is 1. The second-order valence-electron chi connectivity index (χ2n) is 4.96. The number of halogens is 1. The third-order valence-corrected chi connectivity index (χ3v) is 3.52. The highest BCUT2D eigenvalue weighted by Gasteiger charge is 2.15. The Balaban J connectivity index is 2.20. The van der Waals surface area contributed by atoms with Gasteiger partial charge in [0.15, 0.2) is 0 Å². The van der Waals surface area contributed by atoms with Gasteiger partial charge < -0.3 is 15.5 Å². The molecular weight excluding hydrogens is 229 g/mol. The molecule has 0 spiro atoms. The lowest BCUT2D eigenvalue weighted by molar-refractivity contribution is 0.360. The van der Waals surface area contributed by atoms with Crippen LogP contribution in [0.15, 0.2) is 18.2 Å². The van der Waals surface area contributed by atoms with Crippen LogP contribution < -0.4 is 10.6 Å². The van der Waals surface area contributed by atoms with E-state index in [0.29, 0.717) is 6.54 Å². The molecule has 3 nitrogen and oxygen atoms in total. The van der Waals surface area contributed by atoms with E-state index < -0.39 is 0 Å². The number of likely N-dealkylation sites (N-methyl/N-ethyl adjacent to an activating group) is 1. The van der Waals surface area contributed by atoms with E-state index in [-0.39, 0.29) is 5.82 Å². The first-order chi connectivity index (χ1) is 8.70. The number of nitrogens with zero attached hydrogens (tertiary/aromatic N) is 2. The second kappa shape index (κ2) is 6.16. The molecule has 0 amide bonds. The molecule has 0 aromatic heterocycles. The molecule has 1 fully saturated rings. The minimum Gasteiger partial charge on any atom is -0.370 e. The van der Waals surface area contributed by atoms with Crippen molar-refractivity contribution in [1.82, 2.24) is 4.90 Å². The highest BCUT2D eigenvalue weighted by molar-refractivity contribution is 5.54. The van der Waals surface area contributed by atoms with Gasteiger partial charge in [0.1, 0.15) is 5.82 Å². The Hall–Kier alpha value is -1.13. The van der Waals surface area contributed by atoms with E-state index in [2.05, 4.69) is 16.8 Å². The molecule has 1 aromatic rings. The zero-order chi connectivity index (χ0) is 13.0. The summed E-state index contributed by atoms with van der Waals surface area (Å²) in [6.45, 7) is 4.78. The van der Waals surface area contributed by atoms with Crippen molar-refractivity contribution in [3.8, 4) is 0 Å². The summed E-state index contributed by atoms with van der Waals surface area (Å²) in [6.07, 6.45) is 1.88. The van der Waals surface area contributed by atoms with Gasteiger partial charge in [-0.3, -0.25) is 0 Å². The smallest absolute Gasteiger partial charge is 0.123 e. The van der Waals surface area contributed by atoms with Crippen LogP contribution in [0.1, 0.15) is 12.0 Å². The van der Waals surface area contributed by atoms with E-state index in [1.165, 1.54) is 0 Å². The molecule has 0 atom stereocenters. The molecule has 2 rings (SSSR count). The van der Waals surface area contributed by atoms with Gasteiger partial charge in [-0.15, -0.1) is 0 Å². The molecule has 100 valence electrons. The van der Waals surface area contributed by atoms with E-state index in [9.17, 15) is 4.39 Å². The quantitative estimate of drug-likeness (QED) is 0.883. The predicted octanol–water partition coefficient (Wildman–Crippen LogP) is 1.47. The van der Waals surface area contributed by atoms with Gasteiger partial charge >= 0.3 is 0 Å². The maximum atomic E-state index is 13.3. The van der Waals surface area contributed by atoms with Gasteiger partial charge in [-0.25, -0.2) is 4.39 Å². The molecule has 2 N–H and O–H groups in total. The van der Waals surface area contributed by atoms with Crippen LogP contribution in [0.2, 0.25) is 0 Å². The highest BCUT2D eigenvalue weighted by atomic mass is 19.1. The van der Waals surface area contributed by atoms with Gasteiger partial charge in [0.25, 0.3) is 0 Å². The van der Waals surface area contributed by atoms with E-state index in [1.54, 1.807) is 12.1 Å². The van der Waals surface area contributed by atoms with Crippen LogP contribution >= 0.6 is 0 Å². The number of nitrogens with two attached hydrogens (primary N) is 1. The van der Waals surface area contributed by atoms with Crippen LogP contribution in [0.25, 0.3) is 0 Å². The Labute approximate surface area is 108 Å². The molecule has 1 aromatic carbocycles. The zero-order valence-corrected chi connectivity index (χ0v) is 11.0. The average molecular weight is 251 g/mol. The van der Waals surface area contributed by atoms with Crippen molar-refractivity contribution in [3.05, 3.63) is 29.6 Å². The van der Waals surface area contributed by atoms with E-state index in [1.807, 2.05) is 6.07 Å².